The van der Waals surface area contributed by atoms with Crippen LogP contribution in [-0.2, 0) is 7.05 Å². The minimum Gasteiger partial charge on any atom is -0.329 e. The van der Waals surface area contributed by atoms with E-state index >= 15 is 0 Å². The van der Waals surface area contributed by atoms with E-state index in [0.717, 1.165) is 23.1 Å². The van der Waals surface area contributed by atoms with Gasteiger partial charge in [0.05, 0.1) is 11.6 Å². The Morgan fingerprint density at radius 3 is 2.96 bits per heavy atom. The maximum atomic E-state index is 13.1. The van der Waals surface area contributed by atoms with Gasteiger partial charge in [-0.15, -0.1) is 5.10 Å². The molecule has 1 fully saturated rings. The van der Waals surface area contributed by atoms with E-state index in [1.54, 1.807) is 10.7 Å². The first-order valence-corrected chi connectivity index (χ1v) is 8.58. The van der Waals surface area contributed by atoms with Crippen molar-refractivity contribution in [1.29, 1.82) is 0 Å². The molecule has 1 unspecified atom stereocenters. The molecule has 2 aromatic carbocycles. The average molecular weight is 356 g/mol. The minimum absolute atomic E-state index is 0.0148. The van der Waals surface area contributed by atoms with Gasteiger partial charge in [-0.2, -0.15) is 0 Å². The average Bonchev–Trinajstić information content (AvgIpc) is 3.02. The summed E-state index contributed by atoms with van der Waals surface area (Å²) in [4.78, 5) is 15.0. The Kier molecular flexibility index (Phi) is 4.15. The molecule has 1 aliphatic rings. The van der Waals surface area contributed by atoms with Crippen molar-refractivity contribution in [2.24, 2.45) is 7.05 Å². The molecule has 128 valence electrons. The first-order chi connectivity index (χ1) is 12.1. The number of benzene rings is 2. The Labute approximate surface area is 150 Å². The van der Waals surface area contributed by atoms with Crippen LogP contribution in [0.1, 0.15) is 22.0 Å². The molecule has 7 heteroatoms. The zero-order chi connectivity index (χ0) is 17.4. The predicted molar refractivity (Wildman–Crippen MR) is 96.6 cm³/mol. The quantitative estimate of drug-likeness (QED) is 0.766. The number of amides is 1. The summed E-state index contributed by atoms with van der Waals surface area (Å²) in [5, 5.41) is 12.1. The molecule has 25 heavy (non-hydrogen) atoms. The molecule has 0 spiro atoms. The van der Waals surface area contributed by atoms with Crippen molar-refractivity contribution >= 4 is 28.5 Å². The van der Waals surface area contributed by atoms with Crippen LogP contribution in [0, 0.1) is 0 Å². The molecule has 3 aromatic rings. The number of rotatable bonds is 2. The van der Waals surface area contributed by atoms with Crippen LogP contribution in [0.5, 0.6) is 0 Å². The number of halogens is 1. The molecule has 1 amide bonds. The van der Waals surface area contributed by atoms with E-state index < -0.39 is 0 Å². The standard InChI is InChI=1S/C18H18ClN5O/c1-23-16-7-6-12(10-15(16)21-22-23)18(25)24-9-8-20-11-17(24)13-4-2-3-5-14(13)19/h2-7,10,17,20H,8-9,11H2,1H3. The highest BCUT2D eigenvalue weighted by atomic mass is 35.5. The van der Waals surface area contributed by atoms with E-state index in [9.17, 15) is 4.79 Å². The first-order valence-electron chi connectivity index (χ1n) is 8.20. The third-order valence-corrected chi connectivity index (χ3v) is 4.97. The van der Waals surface area contributed by atoms with E-state index in [-0.39, 0.29) is 11.9 Å². The first kappa shape index (κ1) is 16.1. The second-order valence-corrected chi connectivity index (χ2v) is 6.56. The maximum Gasteiger partial charge on any atom is 0.254 e. The largest absolute Gasteiger partial charge is 0.329 e. The number of carbonyl (C=O) groups is 1. The van der Waals surface area contributed by atoms with Crippen molar-refractivity contribution in [2.75, 3.05) is 19.6 Å². The normalized spacial score (nSPS) is 17.8. The molecule has 0 aliphatic carbocycles. The lowest BCUT2D eigenvalue weighted by Crippen LogP contribution is -2.48. The number of aryl methyl sites for hydroxylation is 1. The summed E-state index contributed by atoms with van der Waals surface area (Å²) >= 11 is 6.37. The summed E-state index contributed by atoms with van der Waals surface area (Å²) in [5.74, 6) is -0.0148. The minimum atomic E-state index is -0.0903. The van der Waals surface area contributed by atoms with E-state index in [4.69, 9.17) is 11.6 Å². The van der Waals surface area contributed by atoms with Gasteiger partial charge >= 0.3 is 0 Å². The molecule has 2 heterocycles. The summed E-state index contributed by atoms with van der Waals surface area (Å²) in [6.07, 6.45) is 0. The molecule has 6 nitrogen and oxygen atoms in total. The van der Waals surface area contributed by atoms with Crippen molar-refractivity contribution in [3.05, 3.63) is 58.6 Å². The molecular weight excluding hydrogens is 338 g/mol. The van der Waals surface area contributed by atoms with Gasteiger partial charge in [-0.05, 0) is 29.8 Å². The summed E-state index contributed by atoms with van der Waals surface area (Å²) in [6.45, 7) is 2.08. The highest BCUT2D eigenvalue weighted by Crippen LogP contribution is 2.30. The zero-order valence-corrected chi connectivity index (χ0v) is 14.6. The van der Waals surface area contributed by atoms with Crippen molar-refractivity contribution in [3.63, 3.8) is 0 Å². The topological polar surface area (TPSA) is 63.1 Å². The molecular formula is C18H18ClN5O. The number of aromatic nitrogens is 3. The number of piperazine rings is 1. The SMILES string of the molecule is Cn1nnc2cc(C(=O)N3CCNCC3c3ccccc3Cl)ccc21. The van der Waals surface area contributed by atoms with Crippen LogP contribution in [0.3, 0.4) is 0 Å². The third-order valence-electron chi connectivity index (χ3n) is 4.63. The van der Waals surface area contributed by atoms with Crippen LogP contribution in [0.4, 0.5) is 0 Å². The monoisotopic (exact) mass is 355 g/mol. The van der Waals surface area contributed by atoms with Crippen LogP contribution < -0.4 is 5.32 Å². The lowest BCUT2D eigenvalue weighted by atomic mass is 10.0. The van der Waals surface area contributed by atoms with Crippen molar-refractivity contribution in [1.82, 2.24) is 25.2 Å². The zero-order valence-electron chi connectivity index (χ0n) is 13.8. The van der Waals surface area contributed by atoms with Crippen LogP contribution in [0.15, 0.2) is 42.5 Å². The van der Waals surface area contributed by atoms with Gasteiger partial charge in [-0.25, -0.2) is 4.68 Å². The molecule has 1 aromatic heterocycles. The Bertz CT molecular complexity index is 938. The third kappa shape index (κ3) is 2.88. The lowest BCUT2D eigenvalue weighted by Gasteiger charge is -2.37. The maximum absolute atomic E-state index is 13.1. The Hall–Kier alpha value is -2.44. The van der Waals surface area contributed by atoms with Crippen LogP contribution >= 0.6 is 11.6 Å². The molecule has 1 aliphatic heterocycles. The summed E-state index contributed by atoms with van der Waals surface area (Å²) in [5.41, 5.74) is 3.20. The number of fused-ring (bicyclic) bond motifs is 1. The van der Waals surface area contributed by atoms with Gasteiger partial charge < -0.3 is 10.2 Å². The van der Waals surface area contributed by atoms with E-state index in [1.165, 1.54) is 0 Å². The number of nitrogens with zero attached hydrogens (tertiary/aromatic N) is 4. The fourth-order valence-corrected chi connectivity index (χ4v) is 3.57. The summed E-state index contributed by atoms with van der Waals surface area (Å²) in [6, 6.07) is 13.1. The smallest absolute Gasteiger partial charge is 0.254 e. The Morgan fingerprint density at radius 2 is 2.12 bits per heavy atom. The molecule has 1 saturated heterocycles. The van der Waals surface area contributed by atoms with Crippen LogP contribution in [0.25, 0.3) is 11.0 Å². The fourth-order valence-electron chi connectivity index (χ4n) is 3.31. The summed E-state index contributed by atoms with van der Waals surface area (Å²) < 4.78 is 1.70. The van der Waals surface area contributed by atoms with Gasteiger partial charge in [0.1, 0.15) is 5.52 Å². The van der Waals surface area contributed by atoms with E-state index in [2.05, 4.69) is 15.6 Å². The molecule has 0 radical (unpaired) electrons. The molecule has 0 bridgehead atoms. The van der Waals surface area contributed by atoms with E-state index in [1.807, 2.05) is 48.3 Å². The van der Waals surface area contributed by atoms with Gasteiger partial charge in [-0.3, -0.25) is 4.79 Å². The van der Waals surface area contributed by atoms with Crippen LogP contribution in [-0.4, -0.2) is 45.4 Å². The molecule has 1 N–H and O–H groups in total. The highest BCUT2D eigenvalue weighted by molar-refractivity contribution is 6.31. The van der Waals surface area contributed by atoms with Crippen molar-refractivity contribution in [2.45, 2.75) is 6.04 Å². The van der Waals surface area contributed by atoms with Gasteiger partial charge in [0.25, 0.3) is 5.91 Å². The Balaban J connectivity index is 1.69. The highest BCUT2D eigenvalue weighted by Gasteiger charge is 2.30. The van der Waals surface area contributed by atoms with Crippen LogP contribution in [0.2, 0.25) is 5.02 Å². The molecule has 4 rings (SSSR count). The number of hydrogen-bond donors (Lipinski definition) is 1. The summed E-state index contributed by atoms with van der Waals surface area (Å²) in [7, 11) is 1.83. The molecule has 0 saturated carbocycles. The second kappa shape index (κ2) is 6.46. The van der Waals surface area contributed by atoms with Gasteiger partial charge in [0, 0.05) is 37.3 Å². The second-order valence-electron chi connectivity index (χ2n) is 6.16. The number of nitrogens with one attached hydrogen (secondary N) is 1. The number of carbonyl (C=O) groups excluding carboxylic acids is 1. The van der Waals surface area contributed by atoms with Crippen molar-refractivity contribution < 1.29 is 4.79 Å². The number of hydrogen-bond acceptors (Lipinski definition) is 4. The van der Waals surface area contributed by atoms with E-state index in [0.29, 0.717) is 23.7 Å². The van der Waals surface area contributed by atoms with Gasteiger partial charge in [0.15, 0.2) is 0 Å². The predicted octanol–water partition coefficient (Wildman–Crippen LogP) is 2.41. The van der Waals surface area contributed by atoms with Gasteiger partial charge in [0.2, 0.25) is 0 Å². The fraction of sp³-hybridized carbons (Fsp3) is 0.278. The van der Waals surface area contributed by atoms with Gasteiger partial charge in [-0.1, -0.05) is 35.0 Å². The molecule has 1 atom stereocenters. The Morgan fingerprint density at radius 1 is 1.28 bits per heavy atom. The lowest BCUT2D eigenvalue weighted by molar-refractivity contribution is 0.0634. The van der Waals surface area contributed by atoms with Crippen molar-refractivity contribution in [3.8, 4) is 0 Å².